The van der Waals surface area contributed by atoms with Crippen LogP contribution in [0.3, 0.4) is 0 Å². The van der Waals surface area contributed by atoms with Gasteiger partial charge in [0.15, 0.2) is 5.76 Å². The smallest absolute Gasteiger partial charge is 0.271 e. The molecular formula is C18H17N3O3. The molecule has 6 nitrogen and oxygen atoms in total. The molecule has 0 aliphatic carbocycles. The quantitative estimate of drug-likeness (QED) is 0.418. The Morgan fingerprint density at radius 1 is 1.25 bits per heavy atom. The van der Waals surface area contributed by atoms with Gasteiger partial charge in [-0.3, -0.25) is 15.5 Å². The van der Waals surface area contributed by atoms with E-state index in [0.29, 0.717) is 11.4 Å². The summed E-state index contributed by atoms with van der Waals surface area (Å²) in [6.45, 7) is 3.92. The molecule has 0 atom stereocenters. The Morgan fingerprint density at radius 2 is 2.04 bits per heavy atom. The van der Waals surface area contributed by atoms with Gasteiger partial charge in [0, 0.05) is 23.1 Å². The monoisotopic (exact) mass is 323 g/mol. The standard InChI is InChI=1S/C18H17N3O3/c1-3-15-16-9-4-5-10-17(16)24-18(15)12(2)19-20-13-7-6-8-14(11-13)21(22)23/h4-11,20H,3H2,1-2H3/b19-12-. The molecule has 0 aliphatic rings. The zero-order valence-corrected chi connectivity index (χ0v) is 13.4. The van der Waals surface area contributed by atoms with Gasteiger partial charge in [0.05, 0.1) is 10.6 Å². The summed E-state index contributed by atoms with van der Waals surface area (Å²) in [5.74, 6) is 0.733. The van der Waals surface area contributed by atoms with Crippen LogP contribution in [-0.2, 0) is 6.42 Å². The van der Waals surface area contributed by atoms with Crippen molar-refractivity contribution in [3.8, 4) is 0 Å². The minimum absolute atomic E-state index is 0.0193. The molecule has 0 fully saturated rings. The molecule has 1 aromatic heterocycles. The number of hydrazone groups is 1. The number of hydrogen-bond donors (Lipinski definition) is 1. The Kier molecular flexibility index (Phi) is 4.29. The number of non-ortho nitro benzene ring substituents is 1. The molecule has 0 amide bonds. The van der Waals surface area contributed by atoms with Gasteiger partial charge < -0.3 is 4.42 Å². The van der Waals surface area contributed by atoms with Gasteiger partial charge in [0.1, 0.15) is 11.3 Å². The van der Waals surface area contributed by atoms with E-state index in [-0.39, 0.29) is 5.69 Å². The van der Waals surface area contributed by atoms with Crippen LogP contribution >= 0.6 is 0 Å². The summed E-state index contributed by atoms with van der Waals surface area (Å²) in [6.07, 6.45) is 0.829. The molecule has 6 heteroatoms. The molecule has 0 aliphatic heterocycles. The highest BCUT2D eigenvalue weighted by Crippen LogP contribution is 2.27. The third-order valence-electron chi connectivity index (χ3n) is 3.79. The van der Waals surface area contributed by atoms with Gasteiger partial charge in [-0.2, -0.15) is 5.10 Å². The topological polar surface area (TPSA) is 80.7 Å². The normalized spacial score (nSPS) is 11.7. The fourth-order valence-corrected chi connectivity index (χ4v) is 2.63. The van der Waals surface area contributed by atoms with Crippen LogP contribution in [0.15, 0.2) is 58.0 Å². The highest BCUT2D eigenvalue weighted by atomic mass is 16.6. The third kappa shape index (κ3) is 2.99. The van der Waals surface area contributed by atoms with Crippen LogP contribution in [0.25, 0.3) is 11.0 Å². The lowest BCUT2D eigenvalue weighted by Gasteiger charge is -2.03. The Labute approximate surface area is 138 Å². The number of nitro benzene ring substituents is 1. The van der Waals surface area contributed by atoms with Crippen molar-refractivity contribution in [2.75, 3.05) is 5.43 Å². The molecule has 0 unspecified atom stereocenters. The molecule has 2 aromatic carbocycles. The van der Waals surface area contributed by atoms with Crippen LogP contribution in [-0.4, -0.2) is 10.6 Å². The molecule has 0 radical (unpaired) electrons. The van der Waals surface area contributed by atoms with Crippen LogP contribution in [0, 0.1) is 10.1 Å². The molecular weight excluding hydrogens is 306 g/mol. The summed E-state index contributed by atoms with van der Waals surface area (Å²) in [5, 5.41) is 16.2. The molecule has 3 rings (SSSR count). The highest BCUT2D eigenvalue weighted by Gasteiger charge is 2.14. The number of hydrogen-bond acceptors (Lipinski definition) is 5. The predicted octanol–water partition coefficient (Wildman–Crippen LogP) is 4.74. The maximum Gasteiger partial charge on any atom is 0.271 e. The molecule has 122 valence electrons. The van der Waals surface area contributed by atoms with Crippen LogP contribution in [0.5, 0.6) is 0 Å². The van der Waals surface area contributed by atoms with Gasteiger partial charge in [-0.05, 0) is 25.5 Å². The number of nitrogens with zero attached hydrogens (tertiary/aromatic N) is 2. The van der Waals surface area contributed by atoms with E-state index < -0.39 is 4.92 Å². The molecule has 3 aromatic rings. The maximum atomic E-state index is 10.8. The lowest BCUT2D eigenvalue weighted by Crippen LogP contribution is -2.01. The van der Waals surface area contributed by atoms with Crippen LogP contribution in [0.1, 0.15) is 25.2 Å². The molecule has 24 heavy (non-hydrogen) atoms. The molecule has 1 heterocycles. The number of furan rings is 1. The van der Waals surface area contributed by atoms with E-state index in [1.165, 1.54) is 12.1 Å². The van der Waals surface area contributed by atoms with Gasteiger partial charge in [0.2, 0.25) is 0 Å². The summed E-state index contributed by atoms with van der Waals surface area (Å²) in [6, 6.07) is 14.1. The number of fused-ring (bicyclic) bond motifs is 1. The zero-order chi connectivity index (χ0) is 17.1. The van der Waals surface area contributed by atoms with Crippen molar-refractivity contribution in [1.82, 2.24) is 0 Å². The lowest BCUT2D eigenvalue weighted by molar-refractivity contribution is -0.384. The fraction of sp³-hybridized carbons (Fsp3) is 0.167. The number of benzene rings is 2. The highest BCUT2D eigenvalue weighted by molar-refractivity contribution is 6.02. The number of nitro groups is 1. The first-order chi connectivity index (χ1) is 11.6. The van der Waals surface area contributed by atoms with Crippen LogP contribution in [0.4, 0.5) is 11.4 Å². The molecule has 0 saturated carbocycles. The average molecular weight is 323 g/mol. The summed E-state index contributed by atoms with van der Waals surface area (Å²) < 4.78 is 5.92. The van der Waals surface area contributed by atoms with Crippen molar-refractivity contribution in [2.24, 2.45) is 5.10 Å². The first-order valence-corrected chi connectivity index (χ1v) is 7.65. The number of nitrogens with one attached hydrogen (secondary N) is 1. The maximum absolute atomic E-state index is 10.8. The average Bonchev–Trinajstić information content (AvgIpc) is 2.98. The van der Waals surface area contributed by atoms with Crippen molar-refractivity contribution >= 4 is 28.1 Å². The van der Waals surface area contributed by atoms with Crippen LogP contribution < -0.4 is 5.43 Å². The van der Waals surface area contributed by atoms with Crippen molar-refractivity contribution < 1.29 is 9.34 Å². The summed E-state index contributed by atoms with van der Waals surface area (Å²) in [4.78, 5) is 10.4. The Morgan fingerprint density at radius 3 is 2.79 bits per heavy atom. The number of para-hydroxylation sites is 1. The van der Waals surface area contributed by atoms with Gasteiger partial charge in [-0.25, -0.2) is 0 Å². The summed E-state index contributed by atoms with van der Waals surface area (Å²) >= 11 is 0. The van der Waals surface area contributed by atoms with E-state index >= 15 is 0 Å². The van der Waals surface area contributed by atoms with E-state index in [0.717, 1.165) is 28.7 Å². The summed E-state index contributed by atoms with van der Waals surface area (Å²) in [5.41, 5.74) is 6.05. The van der Waals surface area contributed by atoms with Gasteiger partial charge in [0.25, 0.3) is 5.69 Å². The van der Waals surface area contributed by atoms with Gasteiger partial charge >= 0.3 is 0 Å². The Hall–Kier alpha value is -3.15. The minimum Gasteiger partial charge on any atom is -0.454 e. The first-order valence-electron chi connectivity index (χ1n) is 7.65. The second kappa shape index (κ2) is 6.54. The second-order valence-electron chi connectivity index (χ2n) is 5.38. The molecule has 1 N–H and O–H groups in total. The lowest BCUT2D eigenvalue weighted by atomic mass is 10.1. The fourth-order valence-electron chi connectivity index (χ4n) is 2.63. The summed E-state index contributed by atoms with van der Waals surface area (Å²) in [7, 11) is 0. The van der Waals surface area contributed by atoms with Gasteiger partial charge in [-0.1, -0.05) is 31.2 Å². The number of aryl methyl sites for hydroxylation is 1. The molecule has 0 spiro atoms. The number of anilines is 1. The zero-order valence-electron chi connectivity index (χ0n) is 13.4. The van der Waals surface area contributed by atoms with Gasteiger partial charge in [-0.15, -0.1) is 0 Å². The molecule has 0 saturated heterocycles. The third-order valence-corrected chi connectivity index (χ3v) is 3.79. The Bertz CT molecular complexity index is 928. The number of rotatable bonds is 5. The van der Waals surface area contributed by atoms with Crippen molar-refractivity contribution in [3.63, 3.8) is 0 Å². The minimum atomic E-state index is -0.434. The Balaban J connectivity index is 1.91. The van der Waals surface area contributed by atoms with Crippen molar-refractivity contribution in [1.29, 1.82) is 0 Å². The van der Waals surface area contributed by atoms with E-state index in [9.17, 15) is 10.1 Å². The first kappa shape index (κ1) is 15.7. The SMILES string of the molecule is CCc1c(/C(C)=N\Nc2cccc([N+](=O)[O-])c2)oc2ccccc12. The molecule has 0 bridgehead atoms. The largest absolute Gasteiger partial charge is 0.454 e. The van der Waals surface area contributed by atoms with Crippen LogP contribution in [0.2, 0.25) is 0 Å². The predicted molar refractivity (Wildman–Crippen MR) is 94.5 cm³/mol. The van der Waals surface area contributed by atoms with E-state index in [2.05, 4.69) is 17.5 Å². The van der Waals surface area contributed by atoms with Crippen molar-refractivity contribution in [2.45, 2.75) is 20.3 Å². The van der Waals surface area contributed by atoms with E-state index in [4.69, 9.17) is 4.42 Å². The van der Waals surface area contributed by atoms with E-state index in [1.807, 2.05) is 31.2 Å². The second-order valence-corrected chi connectivity index (χ2v) is 5.38. The van der Waals surface area contributed by atoms with E-state index in [1.54, 1.807) is 12.1 Å². The van der Waals surface area contributed by atoms with Crippen molar-refractivity contribution in [3.05, 3.63) is 70.0 Å².